The fourth-order valence-electron chi connectivity index (χ4n) is 2.13. The topological polar surface area (TPSA) is 71.8 Å². The Labute approximate surface area is 121 Å². The van der Waals surface area contributed by atoms with Gasteiger partial charge in [-0.2, -0.15) is 0 Å². The smallest absolute Gasteiger partial charge is 0.273 e. The molecule has 21 heavy (non-hydrogen) atoms. The average molecular weight is 289 g/mol. The second-order valence-corrected chi connectivity index (χ2v) is 5.14. The Morgan fingerprint density at radius 1 is 1.43 bits per heavy atom. The number of halogens is 1. The van der Waals surface area contributed by atoms with E-state index < -0.39 is 0 Å². The summed E-state index contributed by atoms with van der Waals surface area (Å²) in [5, 5.41) is 13.8. The third kappa shape index (κ3) is 2.92. The van der Waals surface area contributed by atoms with Crippen LogP contribution >= 0.6 is 0 Å². The Hall–Kier alpha value is -2.28. The molecule has 0 radical (unpaired) electrons. The quantitative estimate of drug-likeness (QED) is 0.882. The minimum atomic E-state index is -0.297. The maximum Gasteiger partial charge on any atom is 0.273 e. The summed E-state index contributed by atoms with van der Waals surface area (Å²) in [6.45, 7) is 3.53. The molecule has 3 rings (SSSR count). The number of carbonyl (C=O) groups is 1. The molecule has 7 heteroatoms. The summed E-state index contributed by atoms with van der Waals surface area (Å²) >= 11 is 0. The van der Waals surface area contributed by atoms with Crippen LogP contribution in [0, 0.1) is 5.82 Å². The van der Waals surface area contributed by atoms with Crippen molar-refractivity contribution in [2.45, 2.75) is 19.0 Å². The number of carbonyl (C=O) groups excluding carboxylic acids is 1. The summed E-state index contributed by atoms with van der Waals surface area (Å²) in [5.74, 6) is -0.584. The largest absolute Gasteiger partial charge is 0.344 e. The number of nitrogens with zero attached hydrogens (tertiary/aromatic N) is 3. The van der Waals surface area contributed by atoms with Crippen LogP contribution in [0.4, 0.5) is 4.39 Å². The lowest BCUT2D eigenvalue weighted by molar-refractivity contribution is 0.0934. The van der Waals surface area contributed by atoms with Crippen molar-refractivity contribution in [3.63, 3.8) is 0 Å². The number of benzene rings is 1. The average Bonchev–Trinajstić information content (AvgIpc) is 2.86. The van der Waals surface area contributed by atoms with Gasteiger partial charge in [0.15, 0.2) is 5.69 Å². The first-order valence-electron chi connectivity index (χ1n) is 6.82. The number of nitrogens with one attached hydrogen (secondary N) is 2. The van der Waals surface area contributed by atoms with Crippen molar-refractivity contribution in [1.82, 2.24) is 25.6 Å². The zero-order chi connectivity index (χ0) is 14.8. The van der Waals surface area contributed by atoms with Crippen molar-refractivity contribution < 1.29 is 9.18 Å². The number of amides is 1. The van der Waals surface area contributed by atoms with Gasteiger partial charge in [0.25, 0.3) is 5.91 Å². The first-order valence-corrected chi connectivity index (χ1v) is 6.82. The Morgan fingerprint density at radius 2 is 2.14 bits per heavy atom. The lowest BCUT2D eigenvalue weighted by Gasteiger charge is -2.26. The van der Waals surface area contributed by atoms with E-state index in [0.717, 1.165) is 18.7 Å². The van der Waals surface area contributed by atoms with Crippen molar-refractivity contribution in [2.24, 2.45) is 0 Å². The van der Waals surface area contributed by atoms with E-state index in [9.17, 15) is 9.18 Å². The van der Waals surface area contributed by atoms with Crippen LogP contribution < -0.4 is 10.6 Å². The zero-order valence-electron chi connectivity index (χ0n) is 11.6. The highest BCUT2D eigenvalue weighted by molar-refractivity contribution is 5.92. The van der Waals surface area contributed by atoms with Crippen LogP contribution in [0.2, 0.25) is 0 Å². The van der Waals surface area contributed by atoms with Gasteiger partial charge < -0.3 is 10.6 Å². The highest BCUT2D eigenvalue weighted by Gasteiger charge is 2.22. The van der Waals surface area contributed by atoms with Gasteiger partial charge in [0.05, 0.1) is 18.3 Å². The monoisotopic (exact) mass is 289 g/mol. The lowest BCUT2D eigenvalue weighted by Crippen LogP contribution is -2.43. The molecule has 6 nitrogen and oxygen atoms in total. The molecular formula is C14H16FN5O. The van der Waals surface area contributed by atoms with E-state index in [4.69, 9.17) is 0 Å². The molecule has 0 aliphatic carbocycles. The molecular weight excluding hydrogens is 273 g/mol. The Bertz CT molecular complexity index is 635. The molecule has 1 aliphatic heterocycles. The molecule has 1 saturated heterocycles. The highest BCUT2D eigenvalue weighted by Crippen LogP contribution is 2.14. The van der Waals surface area contributed by atoms with E-state index in [1.165, 1.54) is 12.1 Å². The maximum absolute atomic E-state index is 12.9. The fourth-order valence-corrected chi connectivity index (χ4v) is 2.13. The van der Waals surface area contributed by atoms with E-state index in [2.05, 4.69) is 20.9 Å². The van der Waals surface area contributed by atoms with Crippen molar-refractivity contribution in [1.29, 1.82) is 0 Å². The molecule has 1 aromatic heterocycles. The van der Waals surface area contributed by atoms with Gasteiger partial charge in [0, 0.05) is 13.1 Å². The number of aromatic nitrogens is 3. The molecule has 2 heterocycles. The van der Waals surface area contributed by atoms with Gasteiger partial charge in [0.2, 0.25) is 0 Å². The van der Waals surface area contributed by atoms with Crippen LogP contribution in [-0.4, -0.2) is 34.0 Å². The van der Waals surface area contributed by atoms with Crippen molar-refractivity contribution >= 4 is 5.91 Å². The first kappa shape index (κ1) is 13.7. The first-order chi connectivity index (χ1) is 10.1. The third-order valence-corrected chi connectivity index (χ3v) is 3.59. The summed E-state index contributed by atoms with van der Waals surface area (Å²) in [5.41, 5.74) is 1.12. The van der Waals surface area contributed by atoms with Crippen LogP contribution in [0.3, 0.4) is 0 Å². The van der Waals surface area contributed by atoms with Gasteiger partial charge >= 0.3 is 0 Å². The summed E-state index contributed by atoms with van der Waals surface area (Å²) < 4.78 is 14.6. The normalized spacial score (nSPS) is 16.3. The van der Waals surface area contributed by atoms with E-state index in [-0.39, 0.29) is 29.5 Å². The predicted molar refractivity (Wildman–Crippen MR) is 74.2 cm³/mol. The highest BCUT2D eigenvalue weighted by atomic mass is 19.1. The summed E-state index contributed by atoms with van der Waals surface area (Å²) in [4.78, 5) is 12.1. The van der Waals surface area contributed by atoms with Gasteiger partial charge in [-0.25, -0.2) is 9.07 Å². The summed E-state index contributed by atoms with van der Waals surface area (Å²) in [7, 11) is 0. The van der Waals surface area contributed by atoms with E-state index in [1.807, 2.05) is 6.92 Å². The van der Waals surface area contributed by atoms with Crippen molar-refractivity contribution in [3.8, 4) is 0 Å². The number of hydrogen-bond acceptors (Lipinski definition) is 4. The van der Waals surface area contributed by atoms with Crippen LogP contribution in [0.1, 0.15) is 35.1 Å². The minimum absolute atomic E-state index is 0.228. The standard InChI is InChI=1S/C14H16FN5O/c1-9(10-2-4-11(15)5-3-10)17-14(21)13-8-20(19-18-13)12-6-16-7-12/h2-5,8-9,12,16H,6-7H2,1H3,(H,17,21)/t9-/m0/s1. The van der Waals surface area contributed by atoms with Crippen molar-refractivity contribution in [2.75, 3.05) is 13.1 Å². The summed E-state index contributed by atoms with van der Waals surface area (Å²) in [6.07, 6.45) is 1.65. The molecule has 1 amide bonds. The van der Waals surface area contributed by atoms with Crippen molar-refractivity contribution in [3.05, 3.63) is 47.5 Å². The molecule has 1 fully saturated rings. The van der Waals surface area contributed by atoms with Gasteiger partial charge in [-0.1, -0.05) is 17.3 Å². The molecule has 0 spiro atoms. The van der Waals surface area contributed by atoms with Gasteiger partial charge in [-0.15, -0.1) is 5.10 Å². The molecule has 0 saturated carbocycles. The van der Waals surface area contributed by atoms with E-state index in [0.29, 0.717) is 0 Å². The second-order valence-electron chi connectivity index (χ2n) is 5.14. The fraction of sp³-hybridized carbons (Fsp3) is 0.357. The maximum atomic E-state index is 12.9. The minimum Gasteiger partial charge on any atom is -0.344 e. The Morgan fingerprint density at radius 3 is 2.76 bits per heavy atom. The van der Waals surface area contributed by atoms with E-state index >= 15 is 0 Å². The summed E-state index contributed by atoms with van der Waals surface area (Å²) in [6, 6.07) is 6.09. The molecule has 0 bridgehead atoms. The van der Waals surface area contributed by atoms with Crippen LogP contribution in [0.15, 0.2) is 30.5 Å². The Kier molecular flexibility index (Phi) is 3.66. The van der Waals surface area contributed by atoms with Crippen LogP contribution in [-0.2, 0) is 0 Å². The molecule has 1 aromatic carbocycles. The predicted octanol–water partition coefficient (Wildman–Crippen LogP) is 1.05. The van der Waals surface area contributed by atoms with E-state index in [1.54, 1.807) is 23.0 Å². The molecule has 1 aliphatic rings. The Balaban J connectivity index is 1.65. The van der Waals surface area contributed by atoms with Crippen LogP contribution in [0.5, 0.6) is 0 Å². The zero-order valence-corrected chi connectivity index (χ0v) is 11.6. The number of hydrogen-bond donors (Lipinski definition) is 2. The molecule has 2 N–H and O–H groups in total. The molecule has 110 valence electrons. The van der Waals surface area contributed by atoms with Gasteiger partial charge in [0.1, 0.15) is 5.82 Å². The SMILES string of the molecule is C[C@H](NC(=O)c1cn(C2CNC2)nn1)c1ccc(F)cc1. The van der Waals surface area contributed by atoms with Gasteiger partial charge in [-0.05, 0) is 24.6 Å². The molecule has 1 atom stereocenters. The molecule has 0 unspecified atom stereocenters. The number of rotatable bonds is 4. The second kappa shape index (κ2) is 5.61. The van der Waals surface area contributed by atoms with Gasteiger partial charge in [-0.3, -0.25) is 4.79 Å². The molecule has 2 aromatic rings. The third-order valence-electron chi connectivity index (χ3n) is 3.59. The lowest BCUT2D eigenvalue weighted by atomic mass is 10.1. The van der Waals surface area contributed by atoms with Crippen LogP contribution in [0.25, 0.3) is 0 Å².